The molecule has 0 saturated carbocycles. The average Bonchev–Trinajstić information content (AvgIpc) is 2.93. The van der Waals surface area contributed by atoms with Crippen LogP contribution in [0.1, 0.15) is 0 Å². The molecule has 1 amide bonds. The van der Waals surface area contributed by atoms with Gasteiger partial charge in [0.25, 0.3) is 5.91 Å². The molecule has 2 saturated heterocycles. The van der Waals surface area contributed by atoms with Gasteiger partial charge in [0.15, 0.2) is 15.0 Å². The van der Waals surface area contributed by atoms with Crippen molar-refractivity contribution in [3.8, 4) is 0 Å². The van der Waals surface area contributed by atoms with Crippen LogP contribution in [0.2, 0.25) is 10.0 Å². The molecule has 0 radical (unpaired) electrons. The van der Waals surface area contributed by atoms with Crippen molar-refractivity contribution in [3.63, 3.8) is 0 Å². The van der Waals surface area contributed by atoms with Crippen LogP contribution in [0.4, 0.5) is 5.69 Å². The van der Waals surface area contributed by atoms with Crippen LogP contribution in [0.5, 0.6) is 0 Å². The summed E-state index contributed by atoms with van der Waals surface area (Å²) in [5.74, 6) is -0.623. The molecule has 1 aromatic carbocycles. The SMILES string of the molecule is O=C(CCl)N=C1S[C@@H]2CS(=O)(=O)C[C@@H]2N1c1ccc(Cl)c(Cl)c1. The number of sulfone groups is 1. The smallest absolute Gasteiger partial charge is 0.262 e. The maximum absolute atomic E-state index is 11.9. The van der Waals surface area contributed by atoms with Crippen molar-refractivity contribution >= 4 is 73.2 Å². The molecule has 10 heteroatoms. The molecule has 124 valence electrons. The van der Waals surface area contributed by atoms with E-state index in [4.69, 9.17) is 34.8 Å². The Hall–Kier alpha value is -0.470. The number of carbonyl (C=O) groups excluding carboxylic acids is 1. The van der Waals surface area contributed by atoms with Crippen molar-refractivity contribution in [3.05, 3.63) is 28.2 Å². The zero-order valence-corrected chi connectivity index (χ0v) is 15.5. The largest absolute Gasteiger partial charge is 0.316 e. The predicted molar refractivity (Wildman–Crippen MR) is 95.9 cm³/mol. The molecule has 2 aliphatic heterocycles. The van der Waals surface area contributed by atoms with Gasteiger partial charge in [0.2, 0.25) is 0 Å². The number of amidine groups is 1. The van der Waals surface area contributed by atoms with Gasteiger partial charge in [-0.05, 0) is 18.2 Å². The Bertz CT molecular complexity index is 798. The van der Waals surface area contributed by atoms with Gasteiger partial charge in [-0.2, -0.15) is 4.99 Å². The Morgan fingerprint density at radius 1 is 1.30 bits per heavy atom. The van der Waals surface area contributed by atoms with E-state index in [1.165, 1.54) is 11.8 Å². The molecule has 0 aromatic heterocycles. The summed E-state index contributed by atoms with van der Waals surface area (Å²) in [4.78, 5) is 17.3. The number of hydrogen-bond acceptors (Lipinski definition) is 4. The molecule has 1 aromatic rings. The van der Waals surface area contributed by atoms with Crippen LogP contribution in [-0.4, -0.2) is 48.2 Å². The first kappa shape index (κ1) is 17.4. The lowest BCUT2D eigenvalue weighted by Gasteiger charge is -2.24. The van der Waals surface area contributed by atoms with Crippen molar-refractivity contribution in [2.75, 3.05) is 22.3 Å². The molecule has 23 heavy (non-hydrogen) atoms. The first-order valence-corrected chi connectivity index (χ1v) is 10.6. The molecule has 5 nitrogen and oxygen atoms in total. The van der Waals surface area contributed by atoms with Crippen LogP contribution in [0.3, 0.4) is 0 Å². The zero-order valence-electron chi connectivity index (χ0n) is 11.6. The van der Waals surface area contributed by atoms with Gasteiger partial charge in [0.05, 0.1) is 27.6 Å². The highest BCUT2D eigenvalue weighted by molar-refractivity contribution is 8.16. The lowest BCUT2D eigenvalue weighted by atomic mass is 10.2. The number of rotatable bonds is 2. The Labute approximate surface area is 152 Å². The number of fused-ring (bicyclic) bond motifs is 1. The third-order valence-electron chi connectivity index (χ3n) is 3.58. The summed E-state index contributed by atoms with van der Waals surface area (Å²) in [5, 5.41) is 1.02. The van der Waals surface area contributed by atoms with E-state index in [1.54, 1.807) is 23.1 Å². The fraction of sp³-hybridized carbons (Fsp3) is 0.385. The predicted octanol–water partition coefficient (Wildman–Crippen LogP) is 2.83. The van der Waals surface area contributed by atoms with Crippen LogP contribution in [0.15, 0.2) is 23.2 Å². The number of anilines is 1. The van der Waals surface area contributed by atoms with Crippen LogP contribution in [0.25, 0.3) is 0 Å². The summed E-state index contributed by atoms with van der Waals surface area (Å²) in [7, 11) is -3.11. The Morgan fingerprint density at radius 3 is 2.70 bits per heavy atom. The Morgan fingerprint density at radius 2 is 2.04 bits per heavy atom. The number of alkyl halides is 1. The molecule has 2 atom stereocenters. The summed E-state index contributed by atoms with van der Waals surface area (Å²) in [6, 6.07) is 4.70. The average molecular weight is 414 g/mol. The number of hydrogen-bond donors (Lipinski definition) is 0. The van der Waals surface area contributed by atoms with Crippen molar-refractivity contribution in [2.24, 2.45) is 4.99 Å². The van der Waals surface area contributed by atoms with Crippen LogP contribution in [-0.2, 0) is 14.6 Å². The number of benzene rings is 1. The third kappa shape index (κ3) is 3.49. The van der Waals surface area contributed by atoms with Crippen molar-refractivity contribution in [1.82, 2.24) is 0 Å². The molecule has 3 rings (SSSR count). The summed E-state index contributed by atoms with van der Waals surface area (Å²) in [6.07, 6.45) is 0. The number of aliphatic imine (C=N–C) groups is 1. The van der Waals surface area contributed by atoms with E-state index in [1.807, 2.05) is 0 Å². The molecule has 0 aliphatic carbocycles. The first-order chi connectivity index (χ1) is 10.8. The molecule has 2 fully saturated rings. The molecule has 0 N–H and O–H groups in total. The van der Waals surface area contributed by atoms with Crippen molar-refractivity contribution in [1.29, 1.82) is 0 Å². The highest BCUT2D eigenvalue weighted by Crippen LogP contribution is 2.42. The molecular formula is C13H11Cl3N2O3S2. The topological polar surface area (TPSA) is 66.8 Å². The van der Waals surface area contributed by atoms with Gasteiger partial charge in [-0.25, -0.2) is 8.42 Å². The lowest BCUT2D eigenvalue weighted by molar-refractivity contribution is -0.115. The second kappa shape index (κ2) is 6.44. The van der Waals surface area contributed by atoms with Gasteiger partial charge in [-0.1, -0.05) is 35.0 Å². The highest BCUT2D eigenvalue weighted by Gasteiger charge is 2.49. The minimum absolute atomic E-state index is 0.0129. The second-order valence-corrected chi connectivity index (χ2v) is 9.63. The van der Waals surface area contributed by atoms with E-state index in [0.29, 0.717) is 20.9 Å². The molecule has 2 heterocycles. The summed E-state index contributed by atoms with van der Waals surface area (Å²) in [6.45, 7) is 0. The van der Waals surface area contributed by atoms with E-state index in [9.17, 15) is 13.2 Å². The number of amides is 1. The van der Waals surface area contributed by atoms with Crippen molar-refractivity contribution < 1.29 is 13.2 Å². The summed E-state index contributed by atoms with van der Waals surface area (Å²) in [5.41, 5.74) is 0.651. The number of thioether (sulfide) groups is 1. The van der Waals surface area contributed by atoms with Crippen LogP contribution >= 0.6 is 46.6 Å². The second-order valence-electron chi connectivity index (χ2n) is 5.19. The summed E-state index contributed by atoms with van der Waals surface area (Å²) >= 11 is 18.8. The molecular weight excluding hydrogens is 403 g/mol. The molecule has 0 spiro atoms. The minimum atomic E-state index is -3.11. The number of carbonyl (C=O) groups is 1. The highest BCUT2D eigenvalue weighted by atomic mass is 35.5. The van der Waals surface area contributed by atoms with Gasteiger partial charge < -0.3 is 4.90 Å². The normalized spacial score (nSPS) is 27.4. The summed E-state index contributed by atoms with van der Waals surface area (Å²) < 4.78 is 23.8. The van der Waals surface area contributed by atoms with E-state index in [-0.39, 0.29) is 28.7 Å². The molecule has 2 aliphatic rings. The third-order valence-corrected chi connectivity index (χ3v) is 7.76. The minimum Gasteiger partial charge on any atom is -0.316 e. The molecule has 0 bridgehead atoms. The van der Waals surface area contributed by atoms with E-state index in [0.717, 1.165) is 0 Å². The van der Waals surface area contributed by atoms with Crippen LogP contribution < -0.4 is 4.90 Å². The monoisotopic (exact) mass is 412 g/mol. The Kier molecular flexibility index (Phi) is 4.86. The van der Waals surface area contributed by atoms with Gasteiger partial charge in [-0.15, -0.1) is 11.6 Å². The van der Waals surface area contributed by atoms with E-state index >= 15 is 0 Å². The van der Waals surface area contributed by atoms with Gasteiger partial charge in [-0.3, -0.25) is 4.79 Å². The quantitative estimate of drug-likeness (QED) is 0.698. The molecule has 0 unspecified atom stereocenters. The van der Waals surface area contributed by atoms with E-state index in [2.05, 4.69) is 4.99 Å². The number of nitrogens with zero attached hydrogens (tertiary/aromatic N) is 2. The fourth-order valence-electron chi connectivity index (χ4n) is 2.64. The van der Waals surface area contributed by atoms with Gasteiger partial charge in [0.1, 0.15) is 5.88 Å². The lowest BCUT2D eigenvalue weighted by Crippen LogP contribution is -2.37. The maximum Gasteiger partial charge on any atom is 0.262 e. The standard InChI is InChI=1S/C13H11Cl3N2O3S2/c14-4-12(19)17-13-18(7-1-2-8(15)9(16)3-7)10-5-23(20,21)6-11(10)22-13/h1-3,10-11H,4-6H2/t10-,11+/m0/s1. The fourth-order valence-corrected chi connectivity index (χ4v) is 6.92. The van der Waals surface area contributed by atoms with Gasteiger partial charge in [0, 0.05) is 10.9 Å². The first-order valence-electron chi connectivity index (χ1n) is 6.59. The number of halogens is 3. The van der Waals surface area contributed by atoms with Crippen molar-refractivity contribution in [2.45, 2.75) is 11.3 Å². The van der Waals surface area contributed by atoms with Crippen LogP contribution in [0, 0.1) is 0 Å². The van der Waals surface area contributed by atoms with E-state index < -0.39 is 15.7 Å². The maximum atomic E-state index is 11.9. The Balaban J connectivity index is 2.04. The van der Waals surface area contributed by atoms with Gasteiger partial charge >= 0.3 is 0 Å². The zero-order chi connectivity index (χ0) is 16.8.